The number of rotatable bonds is 4. The predicted octanol–water partition coefficient (Wildman–Crippen LogP) is 3.98. The van der Waals surface area contributed by atoms with E-state index in [0.29, 0.717) is 5.92 Å². The fraction of sp³-hybridized carbons (Fsp3) is 0.368. The van der Waals surface area contributed by atoms with Crippen molar-refractivity contribution in [2.24, 2.45) is 0 Å². The Labute approximate surface area is 144 Å². The van der Waals surface area contributed by atoms with Crippen LogP contribution in [0.3, 0.4) is 0 Å². The molecule has 0 aromatic heterocycles. The van der Waals surface area contributed by atoms with Gasteiger partial charge in [0.15, 0.2) is 0 Å². The molecule has 0 unspecified atom stereocenters. The van der Waals surface area contributed by atoms with Gasteiger partial charge in [-0.25, -0.2) is 0 Å². The molecule has 0 saturated carbocycles. The molecule has 1 saturated heterocycles. The normalized spacial score (nSPS) is 21.3. The summed E-state index contributed by atoms with van der Waals surface area (Å²) in [6.07, 6.45) is 1.23. The molecule has 0 spiro atoms. The highest BCUT2D eigenvalue weighted by molar-refractivity contribution is 5.85. The van der Waals surface area contributed by atoms with Crippen LogP contribution in [0.2, 0.25) is 0 Å². The number of nitrogens with zero attached hydrogens (tertiary/aromatic N) is 1. The lowest BCUT2D eigenvalue weighted by Crippen LogP contribution is -2.42. The molecule has 3 nitrogen and oxygen atoms in total. The quantitative estimate of drug-likeness (QED) is 0.844. The van der Waals surface area contributed by atoms with Crippen LogP contribution in [0.1, 0.15) is 17.9 Å². The molecule has 4 heteroatoms. The summed E-state index contributed by atoms with van der Waals surface area (Å²) in [7, 11) is 3.86. The minimum absolute atomic E-state index is 0. The number of likely N-dealkylation sites (tertiary alicyclic amines) is 1. The molecule has 23 heavy (non-hydrogen) atoms. The van der Waals surface area contributed by atoms with E-state index in [2.05, 4.69) is 42.3 Å². The molecular formula is C19H24ClNO2. The molecule has 1 heterocycles. The molecular weight excluding hydrogens is 310 g/mol. The average molecular weight is 334 g/mol. The topological polar surface area (TPSA) is 21.7 Å². The van der Waals surface area contributed by atoms with Gasteiger partial charge in [0.1, 0.15) is 17.6 Å². The second kappa shape index (κ2) is 8.23. The van der Waals surface area contributed by atoms with Crippen LogP contribution in [0.5, 0.6) is 11.5 Å². The Hall–Kier alpha value is -1.71. The Kier molecular flexibility index (Phi) is 6.31. The largest absolute Gasteiger partial charge is 0.497 e. The van der Waals surface area contributed by atoms with E-state index in [0.717, 1.165) is 31.0 Å². The van der Waals surface area contributed by atoms with Gasteiger partial charge in [-0.15, -0.1) is 12.4 Å². The lowest BCUT2D eigenvalue weighted by atomic mass is 9.88. The summed E-state index contributed by atoms with van der Waals surface area (Å²) in [4.78, 5) is 2.38. The Bertz CT molecular complexity index is 605. The van der Waals surface area contributed by atoms with Gasteiger partial charge in [-0.3, -0.25) is 0 Å². The third kappa shape index (κ3) is 4.40. The van der Waals surface area contributed by atoms with E-state index >= 15 is 0 Å². The Morgan fingerprint density at radius 1 is 1.00 bits per heavy atom. The van der Waals surface area contributed by atoms with Crippen LogP contribution in [0.25, 0.3) is 0 Å². The molecule has 1 aliphatic rings. The van der Waals surface area contributed by atoms with Crippen LogP contribution in [0.4, 0.5) is 0 Å². The summed E-state index contributed by atoms with van der Waals surface area (Å²) in [6, 6.07) is 18.5. The van der Waals surface area contributed by atoms with Gasteiger partial charge in [0.2, 0.25) is 0 Å². The summed E-state index contributed by atoms with van der Waals surface area (Å²) in [5.74, 6) is 2.11. The molecule has 1 fully saturated rings. The predicted molar refractivity (Wildman–Crippen MR) is 96.0 cm³/mol. The summed E-state index contributed by atoms with van der Waals surface area (Å²) < 4.78 is 11.6. The van der Waals surface area contributed by atoms with Crippen molar-refractivity contribution in [2.45, 2.75) is 18.4 Å². The first-order chi connectivity index (χ1) is 10.8. The number of ether oxygens (including phenoxy) is 2. The number of benzene rings is 2. The highest BCUT2D eigenvalue weighted by atomic mass is 35.5. The first kappa shape index (κ1) is 17.6. The minimum Gasteiger partial charge on any atom is -0.497 e. The number of hydrogen-bond donors (Lipinski definition) is 0. The second-order valence-electron chi connectivity index (χ2n) is 5.90. The van der Waals surface area contributed by atoms with Crippen molar-refractivity contribution in [1.82, 2.24) is 4.90 Å². The van der Waals surface area contributed by atoms with E-state index in [-0.39, 0.29) is 18.5 Å². The lowest BCUT2D eigenvalue weighted by molar-refractivity contribution is 0.0900. The number of methoxy groups -OCH3 is 1. The molecule has 2 aromatic carbocycles. The molecule has 2 atom stereocenters. The third-order valence-electron chi connectivity index (χ3n) is 4.31. The van der Waals surface area contributed by atoms with Crippen LogP contribution in [0, 0.1) is 0 Å². The monoisotopic (exact) mass is 333 g/mol. The maximum absolute atomic E-state index is 6.31. The SMILES string of the molecule is COc1cccc(O[C@@H]2CCN(C)C[C@H]2c2ccccc2)c1.Cl. The maximum Gasteiger partial charge on any atom is 0.123 e. The number of piperidine rings is 1. The standard InChI is InChI=1S/C19H23NO2.ClH/c1-20-12-11-19(18(14-20)15-7-4-3-5-8-15)22-17-10-6-9-16(13-17)21-2;/h3-10,13,18-19H,11-12,14H2,1-2H3;1H/t18-,19+;/m0./s1. The zero-order chi connectivity index (χ0) is 15.4. The van der Waals surface area contributed by atoms with Gasteiger partial charge < -0.3 is 14.4 Å². The molecule has 0 bridgehead atoms. The third-order valence-corrected chi connectivity index (χ3v) is 4.31. The average Bonchev–Trinajstić information content (AvgIpc) is 2.57. The van der Waals surface area contributed by atoms with Crippen LogP contribution < -0.4 is 9.47 Å². The molecule has 3 rings (SSSR count). The Morgan fingerprint density at radius 3 is 2.48 bits per heavy atom. The molecule has 0 radical (unpaired) electrons. The van der Waals surface area contributed by atoms with Crippen molar-refractivity contribution in [3.8, 4) is 11.5 Å². The highest BCUT2D eigenvalue weighted by Gasteiger charge is 2.30. The second-order valence-corrected chi connectivity index (χ2v) is 5.90. The van der Waals surface area contributed by atoms with E-state index in [9.17, 15) is 0 Å². The van der Waals surface area contributed by atoms with Crippen molar-refractivity contribution >= 4 is 12.4 Å². The summed E-state index contributed by atoms with van der Waals surface area (Å²) in [5.41, 5.74) is 1.35. The first-order valence-electron chi connectivity index (χ1n) is 7.80. The number of hydrogen-bond acceptors (Lipinski definition) is 3. The molecule has 0 aliphatic carbocycles. The Morgan fingerprint density at radius 2 is 1.74 bits per heavy atom. The zero-order valence-corrected chi connectivity index (χ0v) is 14.5. The number of likely N-dealkylation sites (N-methyl/N-ethyl adjacent to an activating group) is 1. The van der Waals surface area contributed by atoms with Gasteiger partial charge in [-0.2, -0.15) is 0 Å². The van der Waals surface area contributed by atoms with Crippen LogP contribution in [-0.4, -0.2) is 38.3 Å². The van der Waals surface area contributed by atoms with Crippen LogP contribution in [0.15, 0.2) is 54.6 Å². The maximum atomic E-state index is 6.31. The van der Waals surface area contributed by atoms with E-state index in [1.54, 1.807) is 7.11 Å². The first-order valence-corrected chi connectivity index (χ1v) is 7.80. The number of halogens is 1. The molecule has 0 amide bonds. The van der Waals surface area contributed by atoms with Crippen molar-refractivity contribution in [2.75, 3.05) is 27.2 Å². The van der Waals surface area contributed by atoms with E-state index in [1.165, 1.54) is 5.56 Å². The molecule has 124 valence electrons. The van der Waals surface area contributed by atoms with Gasteiger partial charge in [0.25, 0.3) is 0 Å². The van der Waals surface area contributed by atoms with Gasteiger partial charge >= 0.3 is 0 Å². The fourth-order valence-corrected chi connectivity index (χ4v) is 3.10. The van der Waals surface area contributed by atoms with Crippen molar-refractivity contribution in [3.05, 3.63) is 60.2 Å². The van der Waals surface area contributed by atoms with Crippen LogP contribution in [-0.2, 0) is 0 Å². The highest BCUT2D eigenvalue weighted by Crippen LogP contribution is 2.31. The van der Waals surface area contributed by atoms with Gasteiger partial charge in [-0.1, -0.05) is 36.4 Å². The zero-order valence-electron chi connectivity index (χ0n) is 13.6. The van der Waals surface area contributed by atoms with E-state index in [4.69, 9.17) is 9.47 Å². The molecule has 2 aromatic rings. The van der Waals surface area contributed by atoms with E-state index < -0.39 is 0 Å². The van der Waals surface area contributed by atoms with Crippen LogP contribution >= 0.6 is 12.4 Å². The van der Waals surface area contributed by atoms with E-state index in [1.807, 2.05) is 24.3 Å². The van der Waals surface area contributed by atoms with Gasteiger partial charge in [0.05, 0.1) is 7.11 Å². The lowest BCUT2D eigenvalue weighted by Gasteiger charge is -2.37. The van der Waals surface area contributed by atoms with Crippen molar-refractivity contribution in [3.63, 3.8) is 0 Å². The van der Waals surface area contributed by atoms with Gasteiger partial charge in [-0.05, 0) is 31.2 Å². The van der Waals surface area contributed by atoms with Crippen molar-refractivity contribution < 1.29 is 9.47 Å². The summed E-state index contributed by atoms with van der Waals surface area (Å²) in [5, 5.41) is 0. The molecule has 1 aliphatic heterocycles. The van der Waals surface area contributed by atoms with Gasteiger partial charge in [0, 0.05) is 25.1 Å². The van der Waals surface area contributed by atoms with Crippen molar-refractivity contribution in [1.29, 1.82) is 0 Å². The Balaban J connectivity index is 0.00000192. The summed E-state index contributed by atoms with van der Waals surface area (Å²) >= 11 is 0. The summed E-state index contributed by atoms with van der Waals surface area (Å²) in [6.45, 7) is 2.09. The smallest absolute Gasteiger partial charge is 0.123 e. The minimum atomic E-state index is 0. The fourth-order valence-electron chi connectivity index (χ4n) is 3.10. The molecule has 0 N–H and O–H groups in total.